The van der Waals surface area contributed by atoms with Crippen molar-refractivity contribution in [2.75, 3.05) is 5.32 Å². The van der Waals surface area contributed by atoms with Crippen LogP contribution >= 0.6 is 0 Å². The number of hydrogen-bond acceptors (Lipinski definition) is 3. The number of amides is 1. The largest absolute Gasteiger partial charge is 0.328 e. The second kappa shape index (κ2) is 7.11. The number of rotatable bonds is 6. The van der Waals surface area contributed by atoms with Crippen LogP contribution in [0.3, 0.4) is 0 Å². The van der Waals surface area contributed by atoms with Crippen LogP contribution in [0.25, 0.3) is 0 Å². The molecule has 0 aliphatic carbocycles. The molecule has 0 spiro atoms. The minimum atomic E-state index is 0.00311. The molecule has 4 heteroatoms. The highest BCUT2D eigenvalue weighted by Gasteiger charge is 2.13. The van der Waals surface area contributed by atoms with Gasteiger partial charge in [-0.1, -0.05) is 13.3 Å². The van der Waals surface area contributed by atoms with Gasteiger partial charge < -0.3 is 11.1 Å². The summed E-state index contributed by atoms with van der Waals surface area (Å²) in [5.41, 5.74) is 7.32. The molecule has 0 aliphatic heterocycles. The van der Waals surface area contributed by atoms with E-state index in [1.165, 1.54) is 0 Å². The van der Waals surface area contributed by atoms with Crippen LogP contribution in [0.1, 0.15) is 38.8 Å². The van der Waals surface area contributed by atoms with Gasteiger partial charge in [-0.05, 0) is 38.8 Å². The maximum atomic E-state index is 12.0. The van der Waals surface area contributed by atoms with Crippen molar-refractivity contribution in [3.8, 4) is 0 Å². The average molecular weight is 249 g/mol. The van der Waals surface area contributed by atoms with Gasteiger partial charge >= 0.3 is 0 Å². The van der Waals surface area contributed by atoms with Gasteiger partial charge in [-0.3, -0.25) is 9.78 Å². The van der Waals surface area contributed by atoms with E-state index >= 15 is 0 Å². The van der Waals surface area contributed by atoms with E-state index in [1.807, 2.05) is 32.9 Å². The van der Waals surface area contributed by atoms with E-state index < -0.39 is 0 Å². The molecule has 0 aromatic carbocycles. The van der Waals surface area contributed by atoms with Gasteiger partial charge in [0, 0.05) is 18.2 Å². The first-order valence-corrected chi connectivity index (χ1v) is 6.48. The Morgan fingerprint density at radius 1 is 1.44 bits per heavy atom. The molecule has 1 amide bonds. The fourth-order valence-electron chi connectivity index (χ4n) is 1.75. The lowest BCUT2D eigenvalue weighted by molar-refractivity contribution is -0.119. The molecule has 1 rings (SSSR count). The van der Waals surface area contributed by atoms with Crippen molar-refractivity contribution in [2.45, 2.75) is 46.1 Å². The van der Waals surface area contributed by atoms with Crippen LogP contribution in [0.4, 0.5) is 5.69 Å². The van der Waals surface area contributed by atoms with Crippen LogP contribution < -0.4 is 11.1 Å². The Kier molecular flexibility index (Phi) is 5.78. The molecule has 0 radical (unpaired) electrons. The summed E-state index contributed by atoms with van der Waals surface area (Å²) in [5.74, 6) is 0.0548. The highest BCUT2D eigenvalue weighted by atomic mass is 16.1. The molecule has 0 bridgehead atoms. The molecule has 1 aromatic heterocycles. The number of aryl methyl sites for hydroxylation is 1. The van der Waals surface area contributed by atoms with E-state index in [1.54, 1.807) is 6.20 Å². The third-order valence-corrected chi connectivity index (χ3v) is 3.01. The first kappa shape index (κ1) is 14.6. The number of carbonyl (C=O) groups excluding carboxylic acids is 1. The smallest absolute Gasteiger partial charge is 0.227 e. The Hall–Kier alpha value is -1.42. The van der Waals surface area contributed by atoms with Gasteiger partial charge in [-0.2, -0.15) is 0 Å². The van der Waals surface area contributed by atoms with E-state index in [0.29, 0.717) is 0 Å². The Morgan fingerprint density at radius 2 is 2.17 bits per heavy atom. The van der Waals surface area contributed by atoms with Crippen molar-refractivity contribution in [3.05, 3.63) is 24.0 Å². The number of carbonyl (C=O) groups is 1. The Balaban J connectivity index is 2.43. The third-order valence-electron chi connectivity index (χ3n) is 3.01. The molecule has 0 aliphatic rings. The van der Waals surface area contributed by atoms with Crippen LogP contribution in [0, 0.1) is 12.8 Å². The number of pyridine rings is 1. The van der Waals surface area contributed by atoms with E-state index in [0.717, 1.165) is 30.6 Å². The molecule has 100 valence electrons. The maximum Gasteiger partial charge on any atom is 0.227 e. The minimum absolute atomic E-state index is 0.00311. The summed E-state index contributed by atoms with van der Waals surface area (Å²) in [6.45, 7) is 5.82. The van der Waals surface area contributed by atoms with Crippen LogP contribution in [0.2, 0.25) is 0 Å². The van der Waals surface area contributed by atoms with Gasteiger partial charge in [-0.25, -0.2) is 0 Å². The van der Waals surface area contributed by atoms with Crippen molar-refractivity contribution in [2.24, 2.45) is 11.7 Å². The summed E-state index contributed by atoms with van der Waals surface area (Å²) >= 11 is 0. The zero-order valence-corrected chi connectivity index (χ0v) is 11.4. The zero-order chi connectivity index (χ0) is 13.5. The molecule has 2 unspecified atom stereocenters. The topological polar surface area (TPSA) is 68.0 Å². The number of nitrogens with zero attached hydrogens (tertiary/aromatic N) is 1. The van der Waals surface area contributed by atoms with Crippen molar-refractivity contribution in [1.29, 1.82) is 0 Å². The molecule has 2 atom stereocenters. The first-order chi connectivity index (χ1) is 8.50. The normalized spacial score (nSPS) is 14.0. The summed E-state index contributed by atoms with van der Waals surface area (Å²) in [5, 5.41) is 2.92. The van der Waals surface area contributed by atoms with Crippen molar-refractivity contribution >= 4 is 11.6 Å². The predicted octanol–water partition coefficient (Wildman–Crippen LogP) is 2.48. The average Bonchev–Trinajstić information content (AvgIpc) is 2.31. The van der Waals surface area contributed by atoms with Gasteiger partial charge in [0.05, 0.1) is 11.4 Å². The van der Waals surface area contributed by atoms with E-state index in [-0.39, 0.29) is 17.9 Å². The number of hydrogen-bond donors (Lipinski definition) is 2. The minimum Gasteiger partial charge on any atom is -0.328 e. The van der Waals surface area contributed by atoms with Crippen molar-refractivity contribution in [1.82, 2.24) is 4.98 Å². The molecule has 0 saturated heterocycles. The lowest BCUT2D eigenvalue weighted by Crippen LogP contribution is -2.22. The van der Waals surface area contributed by atoms with E-state index in [9.17, 15) is 4.79 Å². The van der Waals surface area contributed by atoms with Gasteiger partial charge in [0.2, 0.25) is 5.91 Å². The van der Waals surface area contributed by atoms with E-state index in [2.05, 4.69) is 10.3 Å². The molecule has 4 nitrogen and oxygen atoms in total. The third kappa shape index (κ3) is 4.84. The van der Waals surface area contributed by atoms with Gasteiger partial charge in [-0.15, -0.1) is 0 Å². The Morgan fingerprint density at radius 3 is 2.78 bits per heavy atom. The van der Waals surface area contributed by atoms with Crippen LogP contribution in [-0.4, -0.2) is 16.9 Å². The molecule has 1 heterocycles. The van der Waals surface area contributed by atoms with Gasteiger partial charge in [0.1, 0.15) is 0 Å². The molecule has 18 heavy (non-hydrogen) atoms. The van der Waals surface area contributed by atoms with Crippen LogP contribution in [0.15, 0.2) is 18.3 Å². The fourth-order valence-corrected chi connectivity index (χ4v) is 1.75. The van der Waals surface area contributed by atoms with E-state index in [4.69, 9.17) is 5.73 Å². The molecule has 3 N–H and O–H groups in total. The molecule has 1 aromatic rings. The summed E-state index contributed by atoms with van der Waals surface area (Å²) in [7, 11) is 0. The quantitative estimate of drug-likeness (QED) is 0.814. The number of aromatic nitrogens is 1. The first-order valence-electron chi connectivity index (χ1n) is 6.48. The summed E-state index contributed by atoms with van der Waals surface area (Å²) in [6.07, 6.45) is 4.53. The van der Waals surface area contributed by atoms with Crippen LogP contribution in [0.5, 0.6) is 0 Å². The number of nitrogens with two attached hydrogens (primary N) is 1. The monoisotopic (exact) mass is 249 g/mol. The molecule has 0 saturated carbocycles. The molecule has 0 fully saturated rings. The number of anilines is 1. The van der Waals surface area contributed by atoms with Gasteiger partial charge in [0.15, 0.2) is 0 Å². The van der Waals surface area contributed by atoms with Crippen molar-refractivity contribution < 1.29 is 4.79 Å². The number of nitrogens with one attached hydrogen (secondary N) is 1. The second-order valence-corrected chi connectivity index (χ2v) is 4.93. The lowest BCUT2D eigenvalue weighted by Gasteiger charge is -2.13. The summed E-state index contributed by atoms with van der Waals surface area (Å²) in [4.78, 5) is 16.1. The van der Waals surface area contributed by atoms with Crippen molar-refractivity contribution in [3.63, 3.8) is 0 Å². The van der Waals surface area contributed by atoms with Gasteiger partial charge in [0.25, 0.3) is 0 Å². The highest BCUT2D eigenvalue weighted by Crippen LogP contribution is 2.15. The molecular formula is C14H23N3O. The Bertz CT molecular complexity index is 390. The standard InChI is InChI=1S/C14H23N3O/c1-10(6-4-7-11(2)15)14(18)17-13-8-5-9-16-12(13)3/h5,8-11H,4,6-7,15H2,1-3H3,(H,17,18). The van der Waals surface area contributed by atoms with Crippen LogP contribution in [-0.2, 0) is 4.79 Å². The molecular weight excluding hydrogens is 226 g/mol. The zero-order valence-electron chi connectivity index (χ0n) is 11.4. The lowest BCUT2D eigenvalue weighted by atomic mass is 10.0. The fraction of sp³-hybridized carbons (Fsp3) is 0.571. The predicted molar refractivity (Wildman–Crippen MR) is 74.3 cm³/mol. The summed E-state index contributed by atoms with van der Waals surface area (Å²) in [6, 6.07) is 3.90. The highest BCUT2D eigenvalue weighted by molar-refractivity contribution is 5.92. The second-order valence-electron chi connectivity index (χ2n) is 4.93. The Labute approximate surface area is 109 Å². The SMILES string of the molecule is Cc1ncccc1NC(=O)C(C)CCCC(C)N. The maximum absolute atomic E-state index is 12.0. The summed E-state index contributed by atoms with van der Waals surface area (Å²) < 4.78 is 0.